The minimum absolute atomic E-state index is 0.0625. The summed E-state index contributed by atoms with van der Waals surface area (Å²) in [7, 11) is 0. The number of nitrogens with zero attached hydrogens (tertiary/aromatic N) is 2. The van der Waals surface area contributed by atoms with Crippen molar-refractivity contribution >= 4 is 23.6 Å². The van der Waals surface area contributed by atoms with Gasteiger partial charge in [-0.15, -0.1) is 0 Å². The number of para-hydroxylation sites is 1. The smallest absolute Gasteiger partial charge is 0.258 e. The van der Waals surface area contributed by atoms with E-state index in [-0.39, 0.29) is 55.6 Å². The van der Waals surface area contributed by atoms with Gasteiger partial charge in [-0.1, -0.05) is 72.2 Å². The molecule has 0 radical (unpaired) electrons. The van der Waals surface area contributed by atoms with Gasteiger partial charge >= 0.3 is 0 Å². The molecular weight excluding hydrogens is 662 g/mol. The lowest BCUT2D eigenvalue weighted by Crippen LogP contribution is -2.55. The van der Waals surface area contributed by atoms with Gasteiger partial charge in [0, 0.05) is 30.4 Å². The number of hydrogen-bond donors (Lipinski definition) is 6. The normalized spacial score (nSPS) is 14.8. The Labute approximate surface area is 307 Å². The minimum atomic E-state index is -1.09. The molecule has 0 saturated carbocycles. The second-order valence-corrected chi connectivity index (χ2v) is 14.3. The zero-order valence-electron chi connectivity index (χ0n) is 31.3. The van der Waals surface area contributed by atoms with Crippen molar-refractivity contribution in [1.29, 1.82) is 0 Å². The first-order valence-corrected chi connectivity index (χ1v) is 18.3. The van der Waals surface area contributed by atoms with Crippen LogP contribution in [0.4, 0.5) is 0 Å². The number of rotatable bonds is 22. The van der Waals surface area contributed by atoms with E-state index in [2.05, 4.69) is 36.2 Å². The lowest BCUT2D eigenvalue weighted by Gasteiger charge is -2.31. The van der Waals surface area contributed by atoms with Crippen LogP contribution in [0.1, 0.15) is 78.6 Å². The fourth-order valence-electron chi connectivity index (χ4n) is 5.93. The second kappa shape index (κ2) is 21.6. The molecule has 4 amide bonds. The number of aliphatic hydroxyl groups is 1. The molecule has 6 N–H and O–H groups in total. The van der Waals surface area contributed by atoms with E-state index in [9.17, 15) is 24.3 Å². The molecule has 0 aliphatic carbocycles. The Hall–Kier alpha value is -4.78. The number of aromatic nitrogens is 3. The fraction of sp³-hybridized carbons (Fsp3) is 0.538. The highest BCUT2D eigenvalue weighted by Gasteiger charge is 2.34. The summed E-state index contributed by atoms with van der Waals surface area (Å²) in [6, 6.07) is 11.9. The molecular formula is C39H57N7O6. The van der Waals surface area contributed by atoms with Gasteiger partial charge in [0.25, 0.3) is 5.91 Å². The minimum Gasteiger partial charge on any atom is -0.484 e. The van der Waals surface area contributed by atoms with Crippen LogP contribution in [0, 0.1) is 23.7 Å². The maximum atomic E-state index is 13.9. The summed E-state index contributed by atoms with van der Waals surface area (Å²) in [4.78, 5) is 65.3. The summed E-state index contributed by atoms with van der Waals surface area (Å²) in [5.74, 6) is -1.66. The highest BCUT2D eigenvalue weighted by Crippen LogP contribution is 2.23. The quantitative estimate of drug-likeness (QED) is 0.0907. The van der Waals surface area contributed by atoms with Gasteiger partial charge in [0.2, 0.25) is 17.7 Å². The molecule has 3 aromatic rings. The van der Waals surface area contributed by atoms with Crippen molar-refractivity contribution in [2.45, 2.75) is 104 Å². The highest BCUT2D eigenvalue weighted by atomic mass is 16.5. The maximum Gasteiger partial charge on any atom is 0.258 e. The molecule has 1 aromatic carbocycles. The SMILES string of the molecule is CC[C@H](C)[C@H](NC(=O)[C@H](CC(C)C)C[C@H](O)C(CC(C)C)NC(=O)[C@H](Cc1cnc[nH]1)NC(=O)COc1ccccc1)C(=O)NCc1ccccn1. The molecule has 0 fully saturated rings. The van der Waals surface area contributed by atoms with Crippen molar-refractivity contribution in [2.24, 2.45) is 23.7 Å². The van der Waals surface area contributed by atoms with Crippen LogP contribution in [0.5, 0.6) is 5.75 Å². The molecule has 52 heavy (non-hydrogen) atoms. The Morgan fingerprint density at radius 2 is 1.56 bits per heavy atom. The van der Waals surface area contributed by atoms with Crippen LogP contribution in [-0.4, -0.2) is 74.5 Å². The van der Waals surface area contributed by atoms with Gasteiger partial charge in [0.15, 0.2) is 6.61 Å². The van der Waals surface area contributed by atoms with E-state index in [1.807, 2.05) is 59.7 Å². The van der Waals surface area contributed by atoms with Gasteiger partial charge in [-0.05, 0) is 61.3 Å². The summed E-state index contributed by atoms with van der Waals surface area (Å²) in [6.07, 6.45) is 5.38. The van der Waals surface area contributed by atoms with E-state index in [0.29, 0.717) is 36.4 Å². The molecule has 3 rings (SSSR count). The van der Waals surface area contributed by atoms with Crippen LogP contribution in [-0.2, 0) is 32.1 Å². The number of amides is 4. The monoisotopic (exact) mass is 719 g/mol. The predicted octanol–water partition coefficient (Wildman–Crippen LogP) is 3.70. The Morgan fingerprint density at radius 1 is 0.846 bits per heavy atom. The topological polar surface area (TPSA) is 187 Å². The molecule has 0 spiro atoms. The van der Waals surface area contributed by atoms with Crippen LogP contribution in [0.3, 0.4) is 0 Å². The van der Waals surface area contributed by atoms with Crippen LogP contribution in [0.25, 0.3) is 0 Å². The van der Waals surface area contributed by atoms with Crippen LogP contribution in [0.15, 0.2) is 67.3 Å². The molecule has 284 valence electrons. The van der Waals surface area contributed by atoms with E-state index in [1.54, 1.807) is 42.7 Å². The molecule has 0 saturated heterocycles. The number of carbonyl (C=O) groups excluding carboxylic acids is 4. The number of H-pyrrole nitrogens is 1. The highest BCUT2D eigenvalue weighted by molar-refractivity contribution is 5.89. The second-order valence-electron chi connectivity index (χ2n) is 14.3. The summed E-state index contributed by atoms with van der Waals surface area (Å²) in [5.41, 5.74) is 1.34. The van der Waals surface area contributed by atoms with E-state index in [1.165, 1.54) is 6.33 Å². The average Bonchev–Trinajstić information content (AvgIpc) is 3.64. The van der Waals surface area contributed by atoms with Gasteiger partial charge in [0.05, 0.1) is 30.7 Å². The number of carbonyl (C=O) groups is 4. The van der Waals surface area contributed by atoms with Crippen molar-refractivity contribution in [1.82, 2.24) is 36.2 Å². The first-order chi connectivity index (χ1) is 24.9. The van der Waals surface area contributed by atoms with Crippen molar-refractivity contribution in [3.63, 3.8) is 0 Å². The van der Waals surface area contributed by atoms with Gasteiger partial charge in [-0.2, -0.15) is 0 Å². The molecule has 6 atom stereocenters. The Balaban J connectivity index is 1.73. The van der Waals surface area contributed by atoms with Crippen molar-refractivity contribution in [2.75, 3.05) is 6.61 Å². The number of benzene rings is 1. The molecule has 0 bridgehead atoms. The summed E-state index contributed by atoms with van der Waals surface area (Å²) in [6.45, 7) is 11.8. The lowest BCUT2D eigenvalue weighted by molar-refractivity contribution is -0.133. The third-order valence-electron chi connectivity index (χ3n) is 8.88. The first-order valence-electron chi connectivity index (χ1n) is 18.3. The number of aromatic amines is 1. The van der Waals surface area contributed by atoms with Crippen molar-refractivity contribution in [3.05, 3.63) is 78.6 Å². The van der Waals surface area contributed by atoms with Crippen molar-refractivity contribution < 1.29 is 29.0 Å². The standard InChI is InChI=1S/C39H57N7O6/c1-7-27(6)36(39(51)42-22-29-13-11-12-16-41-29)46-37(49)28(17-25(2)3)19-34(47)32(18-26(4)5)45-38(50)33(20-30-21-40-24-43-30)44-35(48)23-52-31-14-9-8-10-15-31/h8-16,21,24-28,32-34,36,47H,7,17-20,22-23H2,1-6H3,(H,40,43)(H,42,51)(H,44,48)(H,45,50)(H,46,49)/t27-,28+,32?,33-,34-,36-/m0/s1. The largest absolute Gasteiger partial charge is 0.484 e. The van der Waals surface area contributed by atoms with Crippen LogP contribution in [0.2, 0.25) is 0 Å². The molecule has 13 heteroatoms. The van der Waals surface area contributed by atoms with E-state index >= 15 is 0 Å². The summed E-state index contributed by atoms with van der Waals surface area (Å²) in [5, 5.41) is 23.3. The number of aliphatic hydroxyl groups excluding tert-OH is 1. The maximum absolute atomic E-state index is 13.9. The lowest BCUT2D eigenvalue weighted by atomic mass is 9.86. The number of ether oxygens (including phenoxy) is 1. The summed E-state index contributed by atoms with van der Waals surface area (Å²) < 4.78 is 5.58. The zero-order chi connectivity index (χ0) is 38.0. The molecule has 13 nitrogen and oxygen atoms in total. The third kappa shape index (κ3) is 14.5. The number of nitrogens with one attached hydrogen (secondary N) is 5. The Bertz CT molecular complexity index is 1500. The van der Waals surface area contributed by atoms with Gasteiger partial charge in [-0.3, -0.25) is 24.2 Å². The van der Waals surface area contributed by atoms with Gasteiger partial charge in [-0.25, -0.2) is 4.98 Å². The molecule has 0 aliphatic heterocycles. The van der Waals surface area contributed by atoms with Crippen molar-refractivity contribution in [3.8, 4) is 5.75 Å². The fourth-order valence-corrected chi connectivity index (χ4v) is 5.93. The molecule has 1 unspecified atom stereocenters. The van der Waals surface area contributed by atoms with Gasteiger partial charge in [0.1, 0.15) is 17.8 Å². The molecule has 2 heterocycles. The number of hydrogen-bond acceptors (Lipinski definition) is 8. The number of imidazole rings is 1. The van der Waals surface area contributed by atoms with E-state index in [0.717, 1.165) is 0 Å². The van der Waals surface area contributed by atoms with E-state index in [4.69, 9.17) is 4.74 Å². The number of pyridine rings is 1. The zero-order valence-corrected chi connectivity index (χ0v) is 31.3. The van der Waals surface area contributed by atoms with Gasteiger partial charge < -0.3 is 36.1 Å². The Morgan fingerprint density at radius 3 is 2.17 bits per heavy atom. The Kier molecular flexibility index (Phi) is 17.3. The third-order valence-corrected chi connectivity index (χ3v) is 8.88. The van der Waals surface area contributed by atoms with E-state index < -0.39 is 42.0 Å². The summed E-state index contributed by atoms with van der Waals surface area (Å²) >= 11 is 0. The molecule has 2 aromatic heterocycles. The molecule has 0 aliphatic rings. The average molecular weight is 720 g/mol. The van der Waals surface area contributed by atoms with Crippen LogP contribution < -0.4 is 26.0 Å². The predicted molar refractivity (Wildman–Crippen MR) is 199 cm³/mol. The first kappa shape index (κ1) is 41.6. The van der Waals surface area contributed by atoms with Crippen LogP contribution >= 0.6 is 0 Å².